The summed E-state index contributed by atoms with van der Waals surface area (Å²) in [5.41, 5.74) is 7.49. The van der Waals surface area contributed by atoms with Gasteiger partial charge in [-0.3, -0.25) is 19.4 Å². The number of unbranched alkanes of at least 4 members (excludes halogenated alkanes) is 1. The van der Waals surface area contributed by atoms with Crippen LogP contribution in [0, 0.1) is 11.8 Å². The van der Waals surface area contributed by atoms with Crippen molar-refractivity contribution in [2.24, 2.45) is 22.6 Å². The van der Waals surface area contributed by atoms with E-state index in [4.69, 9.17) is 36.3 Å². The average Bonchev–Trinajstić information content (AvgIpc) is 3.37. The molecule has 5 rings (SSSR count). The van der Waals surface area contributed by atoms with Gasteiger partial charge in [0, 0.05) is 36.3 Å². The van der Waals surface area contributed by atoms with Gasteiger partial charge in [0.2, 0.25) is 11.8 Å². The second-order valence-corrected chi connectivity index (χ2v) is 20.8. The number of hydrogen-bond acceptors (Lipinski definition) is 10. The molecule has 0 heterocycles. The van der Waals surface area contributed by atoms with E-state index >= 15 is 0 Å². The van der Waals surface area contributed by atoms with Gasteiger partial charge >= 0.3 is 12.1 Å². The molecule has 5 aromatic carbocycles. The van der Waals surface area contributed by atoms with Crippen LogP contribution in [-0.4, -0.2) is 92.8 Å². The number of alkyl carbamates (subject to hydrolysis) is 1. The fraction of sp³-hybridized carbons (Fsp3) is 0.467. The van der Waals surface area contributed by atoms with Crippen LogP contribution in [0.4, 0.5) is 4.79 Å². The molecule has 0 aliphatic carbocycles. The van der Waals surface area contributed by atoms with Crippen molar-refractivity contribution >= 4 is 95.9 Å². The maximum Gasteiger partial charge on any atom is 0.407 e. The second-order valence-electron chi connectivity index (χ2n) is 20.3. The molecule has 0 bridgehead atoms. The molecular formula is C60H88ClN7O9S2. The van der Waals surface area contributed by atoms with Crippen LogP contribution in [0.5, 0.6) is 11.5 Å². The summed E-state index contributed by atoms with van der Waals surface area (Å²) in [6, 6.07) is 27.3. The zero-order chi connectivity index (χ0) is 54.5. The van der Waals surface area contributed by atoms with Crippen LogP contribution < -0.4 is 41.8 Å². The van der Waals surface area contributed by atoms with Crippen molar-refractivity contribution in [3.05, 3.63) is 108 Å². The third-order valence-electron chi connectivity index (χ3n) is 12.0. The van der Waals surface area contributed by atoms with E-state index in [-0.39, 0.29) is 86.1 Å². The van der Waals surface area contributed by atoms with Crippen LogP contribution in [-0.2, 0) is 35.3 Å². The van der Waals surface area contributed by atoms with Crippen LogP contribution in [0.15, 0.2) is 102 Å². The lowest BCUT2D eigenvalue weighted by Gasteiger charge is -2.26. The highest BCUT2D eigenvalue weighted by Gasteiger charge is 2.31. The molecule has 19 heteroatoms. The van der Waals surface area contributed by atoms with Gasteiger partial charge in [0.05, 0.1) is 6.61 Å². The number of nitrogens with zero attached hydrogens (tertiary/aromatic N) is 1. The lowest BCUT2D eigenvalue weighted by atomic mass is 9.92. The summed E-state index contributed by atoms with van der Waals surface area (Å²) in [4.78, 5) is 72.9. The number of amides is 4. The molecule has 0 spiro atoms. The van der Waals surface area contributed by atoms with E-state index < -0.39 is 60.1 Å². The molecule has 0 unspecified atom stereocenters. The van der Waals surface area contributed by atoms with Gasteiger partial charge in [0.1, 0.15) is 41.8 Å². The van der Waals surface area contributed by atoms with E-state index in [1.54, 1.807) is 52.1 Å². The Balaban J connectivity index is 0.00000780. The number of benzene rings is 5. The molecule has 16 nitrogen and oxygen atoms in total. The number of esters is 1. The van der Waals surface area contributed by atoms with E-state index in [9.17, 15) is 24.0 Å². The summed E-state index contributed by atoms with van der Waals surface area (Å²) in [6.07, 6.45) is 1.98. The van der Waals surface area contributed by atoms with Gasteiger partial charge in [0.25, 0.3) is 5.91 Å². The monoisotopic (exact) mass is 1150 g/mol. The molecule has 0 saturated heterocycles. The molecule has 7 N–H and O–H groups in total. The van der Waals surface area contributed by atoms with Crippen LogP contribution in [0.25, 0.3) is 32.7 Å². The topological polar surface area (TPSA) is 221 Å². The second kappa shape index (κ2) is 35.3. The molecule has 0 fully saturated rings. The Morgan fingerprint density at radius 3 is 1.72 bits per heavy atom. The fourth-order valence-electron chi connectivity index (χ4n) is 8.23. The number of rotatable bonds is 27. The molecule has 79 heavy (non-hydrogen) atoms. The number of halogens is 1. The number of nitrogens with one attached hydrogen (secondary N) is 5. The van der Waals surface area contributed by atoms with Gasteiger partial charge in [-0.2, -0.15) is 27.0 Å². The third kappa shape index (κ3) is 23.5. The van der Waals surface area contributed by atoms with E-state index in [0.29, 0.717) is 60.4 Å². The zero-order valence-corrected chi connectivity index (χ0v) is 48.4. The first-order chi connectivity index (χ1) is 35.8. The molecule has 0 aromatic heterocycles. The number of ether oxygens (including phenoxy) is 4. The number of carbonyl (C=O) groups is 5. The lowest BCUT2D eigenvalue weighted by molar-refractivity contribution is -0.150. The highest BCUT2D eigenvalue weighted by molar-refractivity contribution is 7.59. The fourth-order valence-corrected chi connectivity index (χ4v) is 8.35. The van der Waals surface area contributed by atoms with E-state index in [1.165, 1.54) is 0 Å². The van der Waals surface area contributed by atoms with E-state index in [0.717, 1.165) is 39.1 Å². The molecule has 5 aromatic rings. The number of fused-ring (bicyclic) bond motifs is 2. The van der Waals surface area contributed by atoms with Gasteiger partial charge < -0.3 is 51.3 Å². The number of aliphatic imine (C=N–C) groups is 1. The largest absolute Gasteiger partial charge is 0.493 e. The van der Waals surface area contributed by atoms with Crippen LogP contribution >= 0.6 is 38.6 Å². The standard InChI is InChI=1S/C58H76ClN7O9.2CH4.2H2S/c1-37(2)30-33-72-48-28-24-40-16-9-11-18-43(40)51(48)52-44-19-12-10-17-41(44)25-29-49(52)73-36-50(67)64-45(20-13-14-31-63-57(71)75-58(5,6)7)53(68)65-46(21-15-32-62-56(60)61-8)54(69)66-47(34-38(3)4)55(70)74-35-39-22-26-42(59)27-23-39;;;;/h9-12,16-19,22-29,37-38,45-47H,13-15,20-21,30-36H2,1-8H3,(H,63,71)(H,64,67)(H,65,68)(H,66,69)(H3,60,61,62);2*1H4;2*1H2/t45-,46-,47+;;;;/m1..../s1. The summed E-state index contributed by atoms with van der Waals surface area (Å²) in [5, 5.41) is 18.6. The summed E-state index contributed by atoms with van der Waals surface area (Å²) in [7, 11) is 1.54. The minimum Gasteiger partial charge on any atom is -0.493 e. The van der Waals surface area contributed by atoms with Gasteiger partial charge in [-0.1, -0.05) is 127 Å². The minimum atomic E-state index is -1.15. The lowest BCUT2D eigenvalue weighted by Crippen LogP contribution is -2.56. The first-order valence-corrected chi connectivity index (χ1v) is 26.2. The number of carbonyl (C=O) groups excluding carboxylic acids is 5. The Morgan fingerprint density at radius 2 is 1.16 bits per heavy atom. The number of guanidine groups is 1. The van der Waals surface area contributed by atoms with Crippen molar-refractivity contribution in [2.45, 2.75) is 139 Å². The highest BCUT2D eigenvalue weighted by Crippen LogP contribution is 2.45. The maximum absolute atomic E-state index is 14.5. The van der Waals surface area contributed by atoms with Crippen LogP contribution in [0.2, 0.25) is 5.02 Å². The Morgan fingerprint density at radius 1 is 0.633 bits per heavy atom. The molecule has 0 aliphatic heterocycles. The van der Waals surface area contributed by atoms with E-state index in [2.05, 4.69) is 45.4 Å². The Hall–Kier alpha value is -6.37. The summed E-state index contributed by atoms with van der Waals surface area (Å²) in [6.45, 7) is 14.0. The summed E-state index contributed by atoms with van der Waals surface area (Å²) in [5.74, 6) is -0.745. The summed E-state index contributed by atoms with van der Waals surface area (Å²) < 4.78 is 24.0. The maximum atomic E-state index is 14.5. The SMILES string of the molecule is C.C.CN=C(N)NCCC[C@@H](NC(=O)[C@@H](CCCCNC(=O)OC(C)(C)C)NC(=O)COc1ccc2ccccc2c1-c1c(OCCC(C)C)ccc2ccccc12)C(=O)N[C@@H](CC(C)C)C(=O)OCc1ccc(Cl)cc1.S.S. The predicted octanol–water partition coefficient (Wildman–Crippen LogP) is 10.9. The highest BCUT2D eigenvalue weighted by atomic mass is 35.5. The Labute approximate surface area is 487 Å². The smallest absolute Gasteiger partial charge is 0.407 e. The van der Waals surface area contributed by atoms with E-state index in [1.807, 2.05) is 86.6 Å². The predicted molar refractivity (Wildman–Crippen MR) is 331 cm³/mol. The Kier molecular flexibility index (Phi) is 31.6. The third-order valence-corrected chi connectivity index (χ3v) is 12.3. The van der Waals surface area contributed by atoms with Crippen molar-refractivity contribution in [3.8, 4) is 22.6 Å². The Bertz CT molecular complexity index is 2740. The quantitative estimate of drug-likeness (QED) is 0.0126. The molecule has 0 radical (unpaired) electrons. The van der Waals surface area contributed by atoms with Crippen molar-refractivity contribution in [1.29, 1.82) is 0 Å². The number of nitrogens with two attached hydrogens (primary N) is 1. The molecule has 0 saturated carbocycles. The van der Waals surface area contributed by atoms with Crippen molar-refractivity contribution in [2.75, 3.05) is 33.4 Å². The van der Waals surface area contributed by atoms with Gasteiger partial charge in [-0.25, -0.2) is 9.59 Å². The zero-order valence-electron chi connectivity index (χ0n) is 45.7. The van der Waals surface area contributed by atoms with Crippen molar-refractivity contribution in [3.63, 3.8) is 0 Å². The summed E-state index contributed by atoms with van der Waals surface area (Å²) >= 11 is 6.05. The van der Waals surface area contributed by atoms with Crippen molar-refractivity contribution in [1.82, 2.24) is 26.6 Å². The molecular weight excluding hydrogens is 1060 g/mol. The minimum absolute atomic E-state index is 0. The molecule has 436 valence electrons. The molecule has 0 aliphatic rings. The van der Waals surface area contributed by atoms with Gasteiger partial charge in [-0.15, -0.1) is 0 Å². The molecule has 3 atom stereocenters. The molecule has 4 amide bonds. The first kappa shape index (κ1) is 70.6. The number of hydrogen-bond donors (Lipinski definition) is 6. The van der Waals surface area contributed by atoms with Gasteiger partial charge in [0.15, 0.2) is 12.6 Å². The van der Waals surface area contributed by atoms with Crippen LogP contribution in [0.1, 0.15) is 114 Å². The van der Waals surface area contributed by atoms with Crippen molar-refractivity contribution < 1.29 is 42.9 Å². The first-order valence-electron chi connectivity index (χ1n) is 25.9. The van der Waals surface area contributed by atoms with Gasteiger partial charge in [-0.05, 0) is 129 Å². The van der Waals surface area contributed by atoms with Crippen LogP contribution in [0.3, 0.4) is 0 Å². The normalized spacial score (nSPS) is 12.3. The average molecular weight is 1150 g/mol.